The van der Waals surface area contributed by atoms with Gasteiger partial charge >= 0.3 is 0 Å². The van der Waals surface area contributed by atoms with Gasteiger partial charge in [-0.25, -0.2) is 4.39 Å². The number of nitrogens with zero attached hydrogens (tertiary/aromatic N) is 2. The van der Waals surface area contributed by atoms with Gasteiger partial charge in [0.15, 0.2) is 0 Å². The van der Waals surface area contributed by atoms with Crippen molar-refractivity contribution in [3.05, 3.63) is 107 Å². The Balaban J connectivity index is 1.85. The SMILES string of the molecule is CC(C)(C)c1ccc(C2C(=C(O)c3ccc(F)cc3)C(=O)C(=O)N2Cc2cccnc2)cc1. The third-order valence-electron chi connectivity index (χ3n) is 5.83. The first-order chi connectivity index (χ1) is 15.7. The summed E-state index contributed by atoms with van der Waals surface area (Å²) in [5.74, 6) is -2.26. The third-order valence-corrected chi connectivity index (χ3v) is 5.83. The number of amides is 1. The number of aromatic nitrogens is 1. The summed E-state index contributed by atoms with van der Waals surface area (Å²) < 4.78 is 13.4. The van der Waals surface area contributed by atoms with E-state index in [2.05, 4.69) is 25.8 Å². The van der Waals surface area contributed by atoms with E-state index in [1.54, 1.807) is 18.5 Å². The van der Waals surface area contributed by atoms with Gasteiger partial charge in [0.05, 0.1) is 11.6 Å². The van der Waals surface area contributed by atoms with Gasteiger partial charge in [0.25, 0.3) is 11.7 Å². The molecule has 1 amide bonds. The number of carbonyl (C=O) groups excluding carboxylic acids is 2. The summed E-state index contributed by atoms with van der Waals surface area (Å²) in [5, 5.41) is 11.0. The van der Waals surface area contributed by atoms with Gasteiger partial charge in [-0.3, -0.25) is 14.6 Å². The molecule has 0 aliphatic carbocycles. The van der Waals surface area contributed by atoms with Gasteiger partial charge in [0, 0.05) is 24.5 Å². The minimum Gasteiger partial charge on any atom is -0.507 e. The molecule has 1 N–H and O–H groups in total. The van der Waals surface area contributed by atoms with Gasteiger partial charge < -0.3 is 10.0 Å². The van der Waals surface area contributed by atoms with Crippen LogP contribution in [0.4, 0.5) is 4.39 Å². The Kier molecular flexibility index (Phi) is 5.85. The van der Waals surface area contributed by atoms with Crippen molar-refractivity contribution in [2.75, 3.05) is 0 Å². The molecule has 6 heteroatoms. The molecule has 1 atom stereocenters. The number of hydrogen-bond donors (Lipinski definition) is 1. The maximum atomic E-state index is 13.4. The van der Waals surface area contributed by atoms with Crippen LogP contribution in [-0.4, -0.2) is 26.7 Å². The molecule has 1 aromatic heterocycles. The van der Waals surface area contributed by atoms with Crippen LogP contribution in [0.15, 0.2) is 78.6 Å². The molecule has 0 spiro atoms. The number of aliphatic hydroxyl groups is 1. The van der Waals surface area contributed by atoms with Crippen molar-refractivity contribution in [1.29, 1.82) is 0 Å². The van der Waals surface area contributed by atoms with E-state index in [0.717, 1.165) is 11.1 Å². The maximum absolute atomic E-state index is 13.4. The fourth-order valence-electron chi connectivity index (χ4n) is 4.01. The Bertz CT molecular complexity index is 1210. The van der Waals surface area contributed by atoms with Gasteiger partial charge in [0.1, 0.15) is 11.6 Å². The first kappa shape index (κ1) is 22.4. The quantitative estimate of drug-likeness (QED) is 0.344. The zero-order valence-electron chi connectivity index (χ0n) is 18.7. The maximum Gasteiger partial charge on any atom is 0.295 e. The second-order valence-corrected chi connectivity index (χ2v) is 9.17. The summed E-state index contributed by atoms with van der Waals surface area (Å²) in [5.41, 5.74) is 2.76. The average molecular weight is 445 g/mol. The van der Waals surface area contributed by atoms with E-state index in [4.69, 9.17) is 0 Å². The number of Topliss-reactive ketones (excluding diaryl/α,β-unsaturated/α-hetero) is 1. The largest absolute Gasteiger partial charge is 0.507 e. The molecule has 1 unspecified atom stereocenters. The van der Waals surface area contributed by atoms with E-state index in [-0.39, 0.29) is 28.9 Å². The molecule has 5 nitrogen and oxygen atoms in total. The first-order valence-corrected chi connectivity index (χ1v) is 10.7. The molecular formula is C27H25FN2O3. The van der Waals surface area contributed by atoms with Gasteiger partial charge in [-0.05, 0) is 52.4 Å². The number of aliphatic hydroxyl groups excluding tert-OH is 1. The number of rotatable bonds is 4. The van der Waals surface area contributed by atoms with Crippen LogP contribution in [0.3, 0.4) is 0 Å². The molecule has 33 heavy (non-hydrogen) atoms. The van der Waals surface area contributed by atoms with Crippen molar-refractivity contribution >= 4 is 17.4 Å². The van der Waals surface area contributed by atoms with Crippen LogP contribution in [0.2, 0.25) is 0 Å². The van der Waals surface area contributed by atoms with E-state index in [0.29, 0.717) is 5.56 Å². The minimum atomic E-state index is -0.788. The van der Waals surface area contributed by atoms with Crippen LogP contribution in [0.25, 0.3) is 5.76 Å². The van der Waals surface area contributed by atoms with Crippen LogP contribution >= 0.6 is 0 Å². The van der Waals surface area contributed by atoms with Crippen molar-refractivity contribution in [2.45, 2.75) is 38.8 Å². The summed E-state index contributed by atoms with van der Waals surface area (Å²) in [7, 11) is 0. The molecule has 0 bridgehead atoms. The number of pyridine rings is 1. The lowest BCUT2D eigenvalue weighted by Gasteiger charge is -2.26. The summed E-state index contributed by atoms with van der Waals surface area (Å²) in [6.45, 7) is 6.46. The zero-order valence-corrected chi connectivity index (χ0v) is 18.7. The Hall–Kier alpha value is -3.80. The molecule has 1 aliphatic heterocycles. The Labute approximate surface area is 192 Å². The van der Waals surface area contributed by atoms with Crippen molar-refractivity contribution in [2.24, 2.45) is 0 Å². The molecule has 4 rings (SSSR count). The van der Waals surface area contributed by atoms with Gasteiger partial charge in [-0.1, -0.05) is 51.1 Å². The fourth-order valence-corrected chi connectivity index (χ4v) is 4.01. The molecule has 1 aliphatic rings. The standard InChI is InChI=1S/C27H25FN2O3/c1-27(2,3)20-10-6-18(7-11-20)23-22(24(31)19-8-12-21(28)13-9-19)25(32)26(33)30(23)16-17-5-4-14-29-15-17/h4-15,23,31H,16H2,1-3H3. The van der Waals surface area contributed by atoms with Crippen molar-refractivity contribution < 1.29 is 19.1 Å². The lowest BCUT2D eigenvalue weighted by molar-refractivity contribution is -0.140. The molecule has 168 valence electrons. The molecule has 2 aromatic carbocycles. The topological polar surface area (TPSA) is 70.5 Å². The zero-order chi connectivity index (χ0) is 23.8. The monoisotopic (exact) mass is 444 g/mol. The van der Waals surface area contributed by atoms with E-state index >= 15 is 0 Å². The first-order valence-electron chi connectivity index (χ1n) is 10.7. The van der Waals surface area contributed by atoms with Crippen LogP contribution in [-0.2, 0) is 21.5 Å². The van der Waals surface area contributed by atoms with Gasteiger partial charge in [0.2, 0.25) is 0 Å². The molecule has 0 saturated carbocycles. The highest BCUT2D eigenvalue weighted by Crippen LogP contribution is 2.40. The van der Waals surface area contributed by atoms with E-state index in [1.165, 1.54) is 29.2 Å². The summed E-state index contributed by atoms with van der Waals surface area (Å²) in [6, 6.07) is 15.7. The smallest absolute Gasteiger partial charge is 0.295 e. The molecule has 2 heterocycles. The van der Waals surface area contributed by atoms with Crippen LogP contribution in [0.1, 0.15) is 49.1 Å². The second kappa shape index (κ2) is 8.62. The lowest BCUT2D eigenvalue weighted by Crippen LogP contribution is -2.29. The van der Waals surface area contributed by atoms with E-state index in [1.807, 2.05) is 30.3 Å². The normalized spacial score (nSPS) is 18.1. The average Bonchev–Trinajstić information content (AvgIpc) is 3.04. The van der Waals surface area contributed by atoms with E-state index in [9.17, 15) is 19.1 Å². The number of halogens is 1. The van der Waals surface area contributed by atoms with Crippen molar-refractivity contribution in [3.63, 3.8) is 0 Å². The van der Waals surface area contributed by atoms with Crippen molar-refractivity contribution in [1.82, 2.24) is 9.88 Å². The molecule has 3 aromatic rings. The Morgan fingerprint density at radius 2 is 1.70 bits per heavy atom. The number of likely N-dealkylation sites (tertiary alicyclic amines) is 1. The molecular weight excluding hydrogens is 419 g/mol. The molecule has 1 saturated heterocycles. The Morgan fingerprint density at radius 1 is 1.03 bits per heavy atom. The molecule has 1 fully saturated rings. The van der Waals surface area contributed by atoms with Crippen LogP contribution < -0.4 is 0 Å². The number of benzene rings is 2. The van der Waals surface area contributed by atoms with Gasteiger partial charge in [-0.15, -0.1) is 0 Å². The lowest BCUT2D eigenvalue weighted by atomic mass is 9.85. The minimum absolute atomic E-state index is 0.0148. The van der Waals surface area contributed by atoms with Crippen molar-refractivity contribution in [3.8, 4) is 0 Å². The number of carbonyl (C=O) groups is 2. The Morgan fingerprint density at radius 3 is 2.27 bits per heavy atom. The highest BCUT2D eigenvalue weighted by molar-refractivity contribution is 6.46. The van der Waals surface area contributed by atoms with Gasteiger partial charge in [-0.2, -0.15) is 0 Å². The second-order valence-electron chi connectivity index (χ2n) is 9.17. The highest BCUT2D eigenvalue weighted by atomic mass is 19.1. The predicted octanol–water partition coefficient (Wildman–Crippen LogP) is 5.14. The van der Waals surface area contributed by atoms with Crippen LogP contribution in [0, 0.1) is 5.82 Å². The van der Waals surface area contributed by atoms with E-state index < -0.39 is 23.5 Å². The fraction of sp³-hybridized carbons (Fsp3) is 0.222. The summed E-state index contributed by atoms with van der Waals surface area (Å²) in [4.78, 5) is 31.7. The predicted molar refractivity (Wildman–Crippen MR) is 124 cm³/mol. The number of ketones is 1. The molecule has 0 radical (unpaired) electrons. The third kappa shape index (κ3) is 4.42. The summed E-state index contributed by atoms with van der Waals surface area (Å²) in [6.07, 6.45) is 3.27. The number of hydrogen-bond acceptors (Lipinski definition) is 4. The summed E-state index contributed by atoms with van der Waals surface area (Å²) >= 11 is 0. The highest BCUT2D eigenvalue weighted by Gasteiger charge is 2.46. The van der Waals surface area contributed by atoms with Crippen LogP contribution in [0.5, 0.6) is 0 Å².